The lowest BCUT2D eigenvalue weighted by molar-refractivity contribution is 0.101. The fourth-order valence-electron chi connectivity index (χ4n) is 2.15. The first-order valence-electron chi connectivity index (χ1n) is 7.20. The third-order valence-electron chi connectivity index (χ3n) is 3.44. The third-order valence-corrected chi connectivity index (χ3v) is 5.40. The van der Waals surface area contributed by atoms with Crippen molar-refractivity contribution in [1.29, 1.82) is 5.26 Å². The van der Waals surface area contributed by atoms with Gasteiger partial charge < -0.3 is 0 Å². The maximum Gasteiger partial charge on any atom is 0.261 e. The van der Waals surface area contributed by atoms with Gasteiger partial charge in [0.2, 0.25) is 0 Å². The average Bonchev–Trinajstić information content (AvgIpc) is 2.56. The highest BCUT2D eigenvalue weighted by Crippen LogP contribution is 2.26. The summed E-state index contributed by atoms with van der Waals surface area (Å²) < 4.78 is 27.6. The van der Waals surface area contributed by atoms with E-state index in [4.69, 9.17) is 5.26 Å². The van der Waals surface area contributed by atoms with Crippen LogP contribution in [0.2, 0.25) is 0 Å². The van der Waals surface area contributed by atoms with E-state index in [0.717, 1.165) is 22.2 Å². The van der Waals surface area contributed by atoms with Gasteiger partial charge in [-0.05, 0) is 61.0 Å². The predicted molar refractivity (Wildman–Crippen MR) is 94.5 cm³/mol. The smallest absolute Gasteiger partial charge is 0.261 e. The van der Waals surface area contributed by atoms with Crippen LogP contribution >= 0.6 is 11.8 Å². The van der Waals surface area contributed by atoms with E-state index < -0.39 is 10.0 Å². The molecule has 0 heterocycles. The summed E-state index contributed by atoms with van der Waals surface area (Å²) >= 11 is 1.03. The molecule has 124 valence electrons. The second-order valence-corrected chi connectivity index (χ2v) is 7.59. The molecule has 0 aliphatic rings. The maximum atomic E-state index is 12.5. The van der Waals surface area contributed by atoms with Gasteiger partial charge in [-0.15, -0.1) is 0 Å². The van der Waals surface area contributed by atoms with Gasteiger partial charge in [-0.3, -0.25) is 9.52 Å². The molecule has 5 nitrogen and oxygen atoms in total. The molecule has 0 atom stereocenters. The first-order valence-corrected chi connectivity index (χ1v) is 9.50. The summed E-state index contributed by atoms with van der Waals surface area (Å²) in [5.74, 6) is -0.120. The minimum atomic E-state index is -3.75. The van der Waals surface area contributed by atoms with E-state index in [2.05, 4.69) is 4.72 Å². The molecule has 0 bridgehead atoms. The number of thioether (sulfide) groups is 1. The first-order chi connectivity index (χ1) is 11.4. The first kappa shape index (κ1) is 18.0. The summed E-state index contributed by atoms with van der Waals surface area (Å²) in [4.78, 5) is 12.1. The van der Waals surface area contributed by atoms with E-state index in [1.165, 1.54) is 31.2 Å². The molecule has 0 radical (unpaired) electrons. The van der Waals surface area contributed by atoms with Gasteiger partial charge in [0.25, 0.3) is 10.0 Å². The Labute approximate surface area is 145 Å². The van der Waals surface area contributed by atoms with Crippen LogP contribution in [0.4, 0.5) is 5.69 Å². The van der Waals surface area contributed by atoms with Crippen LogP contribution in [0.15, 0.2) is 52.3 Å². The highest BCUT2D eigenvalue weighted by Gasteiger charge is 2.16. The largest absolute Gasteiger partial charge is 0.295 e. The molecule has 0 amide bonds. The molecule has 0 saturated heterocycles. The van der Waals surface area contributed by atoms with E-state index in [0.29, 0.717) is 17.7 Å². The van der Waals surface area contributed by atoms with Crippen molar-refractivity contribution in [3.05, 3.63) is 53.6 Å². The number of thiocyanates is 1. The van der Waals surface area contributed by atoms with Crippen molar-refractivity contribution >= 4 is 33.3 Å². The third kappa shape index (κ3) is 4.16. The van der Waals surface area contributed by atoms with Crippen molar-refractivity contribution in [2.75, 3.05) is 4.72 Å². The number of aryl methyl sites for hydroxylation is 1. The van der Waals surface area contributed by atoms with Gasteiger partial charge in [-0.2, -0.15) is 5.26 Å². The van der Waals surface area contributed by atoms with Gasteiger partial charge in [0, 0.05) is 10.5 Å². The van der Waals surface area contributed by atoms with Gasteiger partial charge in [0.15, 0.2) is 5.78 Å². The lowest BCUT2D eigenvalue weighted by atomic mass is 10.1. The van der Waals surface area contributed by atoms with Crippen LogP contribution in [-0.4, -0.2) is 14.2 Å². The lowest BCUT2D eigenvalue weighted by Crippen LogP contribution is -2.14. The molecule has 2 aromatic carbocycles. The monoisotopic (exact) mass is 360 g/mol. The average molecular weight is 360 g/mol. The molecule has 0 aliphatic carbocycles. The van der Waals surface area contributed by atoms with Crippen molar-refractivity contribution in [2.45, 2.75) is 30.1 Å². The predicted octanol–water partition coefficient (Wildman–Crippen LogP) is 3.83. The van der Waals surface area contributed by atoms with E-state index in [1.54, 1.807) is 18.2 Å². The van der Waals surface area contributed by atoms with Crippen molar-refractivity contribution in [2.24, 2.45) is 0 Å². The Morgan fingerprint density at radius 1 is 1.21 bits per heavy atom. The van der Waals surface area contributed by atoms with Crippen LogP contribution in [0, 0.1) is 10.7 Å². The summed E-state index contributed by atoms with van der Waals surface area (Å²) in [6, 6.07) is 10.9. The summed E-state index contributed by atoms with van der Waals surface area (Å²) in [6.45, 7) is 3.34. The maximum absolute atomic E-state index is 12.5. The zero-order valence-electron chi connectivity index (χ0n) is 13.2. The number of hydrogen-bond donors (Lipinski definition) is 1. The Morgan fingerprint density at radius 2 is 1.88 bits per heavy atom. The minimum absolute atomic E-state index is 0.0880. The van der Waals surface area contributed by atoms with E-state index >= 15 is 0 Å². The molecular weight excluding hydrogens is 344 g/mol. The number of benzene rings is 2. The quantitative estimate of drug-likeness (QED) is 0.481. The summed E-state index contributed by atoms with van der Waals surface area (Å²) in [7, 11) is -3.75. The summed E-state index contributed by atoms with van der Waals surface area (Å²) in [5, 5.41) is 10.7. The number of sulfonamides is 1. The number of hydrogen-bond acceptors (Lipinski definition) is 5. The SMILES string of the molecule is CCc1cc(SC#N)ccc1NS(=O)(=O)c1ccc(C(C)=O)cc1. The fraction of sp³-hybridized carbons (Fsp3) is 0.176. The molecule has 7 heteroatoms. The standard InChI is InChI=1S/C17H16N2O3S2/c1-3-13-10-15(23-11-18)6-9-17(13)19-24(21,22)16-7-4-14(5-8-16)12(2)20/h4-10,19H,3H2,1-2H3. The Balaban J connectivity index is 2.32. The number of anilines is 1. The second kappa shape index (κ2) is 7.51. The number of rotatable bonds is 6. The summed E-state index contributed by atoms with van der Waals surface area (Å²) in [6.07, 6.45) is 0.626. The van der Waals surface area contributed by atoms with Crippen LogP contribution in [0.3, 0.4) is 0 Å². The molecule has 2 aromatic rings. The van der Waals surface area contributed by atoms with Gasteiger partial charge >= 0.3 is 0 Å². The van der Waals surface area contributed by atoms with Crippen molar-refractivity contribution in [3.63, 3.8) is 0 Å². The number of carbonyl (C=O) groups excluding carboxylic acids is 1. The van der Waals surface area contributed by atoms with E-state index in [-0.39, 0.29) is 10.7 Å². The number of Topliss-reactive ketones (excluding diaryl/α,β-unsaturated/α-hetero) is 1. The van der Waals surface area contributed by atoms with Gasteiger partial charge in [-0.25, -0.2) is 8.42 Å². The van der Waals surface area contributed by atoms with Gasteiger partial charge in [-0.1, -0.05) is 19.1 Å². The second-order valence-electron chi connectivity index (χ2n) is 5.05. The number of nitrogens with one attached hydrogen (secondary N) is 1. The number of nitrogens with zero attached hydrogens (tertiary/aromatic N) is 1. The lowest BCUT2D eigenvalue weighted by Gasteiger charge is -2.13. The van der Waals surface area contributed by atoms with Gasteiger partial charge in [0.05, 0.1) is 10.6 Å². The Kier molecular flexibility index (Phi) is 5.65. The van der Waals surface area contributed by atoms with Crippen LogP contribution in [0.5, 0.6) is 0 Å². The Morgan fingerprint density at radius 3 is 2.42 bits per heavy atom. The van der Waals surface area contributed by atoms with Crippen molar-refractivity contribution < 1.29 is 13.2 Å². The topological polar surface area (TPSA) is 87.0 Å². The summed E-state index contributed by atoms with van der Waals surface area (Å²) in [5.41, 5.74) is 1.75. The number of carbonyl (C=O) groups is 1. The molecule has 0 aromatic heterocycles. The molecular formula is C17H16N2O3S2. The van der Waals surface area contributed by atoms with Crippen molar-refractivity contribution in [3.8, 4) is 5.40 Å². The van der Waals surface area contributed by atoms with Gasteiger partial charge in [0.1, 0.15) is 5.40 Å². The fourth-order valence-corrected chi connectivity index (χ4v) is 3.69. The minimum Gasteiger partial charge on any atom is -0.295 e. The van der Waals surface area contributed by atoms with E-state index in [9.17, 15) is 13.2 Å². The Bertz CT molecular complexity index is 898. The molecule has 0 spiro atoms. The molecule has 0 saturated carbocycles. The van der Waals surface area contributed by atoms with Crippen molar-refractivity contribution in [1.82, 2.24) is 0 Å². The van der Waals surface area contributed by atoms with Crippen LogP contribution < -0.4 is 4.72 Å². The highest BCUT2D eigenvalue weighted by molar-refractivity contribution is 8.03. The zero-order valence-corrected chi connectivity index (χ0v) is 14.9. The van der Waals surface area contributed by atoms with Crippen LogP contribution in [0.25, 0.3) is 0 Å². The molecule has 0 unspecified atom stereocenters. The molecule has 2 rings (SSSR count). The zero-order chi connectivity index (χ0) is 17.7. The Hall–Kier alpha value is -2.30. The molecule has 0 fully saturated rings. The van der Waals surface area contributed by atoms with Crippen LogP contribution in [0.1, 0.15) is 29.8 Å². The van der Waals surface area contributed by atoms with Crippen LogP contribution in [-0.2, 0) is 16.4 Å². The highest BCUT2D eigenvalue weighted by atomic mass is 32.2. The number of ketones is 1. The normalized spacial score (nSPS) is 10.9. The number of nitriles is 1. The van der Waals surface area contributed by atoms with E-state index in [1.807, 2.05) is 12.3 Å². The molecule has 24 heavy (non-hydrogen) atoms. The molecule has 1 N–H and O–H groups in total. The molecule has 0 aliphatic heterocycles.